The van der Waals surface area contributed by atoms with Crippen molar-refractivity contribution >= 4 is 12.6 Å². The predicted octanol–water partition coefficient (Wildman–Crippen LogP) is -1.24. The SMILES string of the molecule is OC1C(O)[C@H](O)CO[C@H]1OCCCS. The van der Waals surface area contributed by atoms with Crippen LogP contribution in [0, 0.1) is 0 Å². The number of aliphatic hydroxyl groups is 3. The van der Waals surface area contributed by atoms with E-state index >= 15 is 0 Å². The van der Waals surface area contributed by atoms with E-state index in [1.165, 1.54) is 0 Å². The van der Waals surface area contributed by atoms with Crippen LogP contribution in [0.25, 0.3) is 0 Å². The molecule has 1 heterocycles. The van der Waals surface area contributed by atoms with Crippen LogP contribution in [0.3, 0.4) is 0 Å². The van der Waals surface area contributed by atoms with Crippen molar-refractivity contribution in [3.63, 3.8) is 0 Å². The van der Waals surface area contributed by atoms with Gasteiger partial charge in [0, 0.05) is 0 Å². The zero-order valence-electron chi connectivity index (χ0n) is 7.74. The summed E-state index contributed by atoms with van der Waals surface area (Å²) >= 11 is 4.00. The smallest absolute Gasteiger partial charge is 0.186 e. The highest BCUT2D eigenvalue weighted by Gasteiger charge is 2.37. The van der Waals surface area contributed by atoms with Gasteiger partial charge in [-0.25, -0.2) is 0 Å². The summed E-state index contributed by atoms with van der Waals surface area (Å²) in [5.41, 5.74) is 0. The molecule has 0 spiro atoms. The number of rotatable bonds is 4. The molecule has 14 heavy (non-hydrogen) atoms. The zero-order valence-corrected chi connectivity index (χ0v) is 8.64. The Balaban J connectivity index is 2.31. The normalized spacial score (nSPS) is 38.6. The maximum absolute atomic E-state index is 9.43. The van der Waals surface area contributed by atoms with Crippen molar-refractivity contribution in [2.75, 3.05) is 19.0 Å². The number of thiol groups is 1. The summed E-state index contributed by atoms with van der Waals surface area (Å²) in [5, 5.41) is 27.9. The second-order valence-electron chi connectivity index (χ2n) is 3.20. The van der Waals surface area contributed by atoms with Crippen molar-refractivity contribution in [2.24, 2.45) is 0 Å². The van der Waals surface area contributed by atoms with Crippen molar-refractivity contribution in [1.29, 1.82) is 0 Å². The van der Waals surface area contributed by atoms with Gasteiger partial charge in [-0.1, -0.05) is 0 Å². The van der Waals surface area contributed by atoms with Gasteiger partial charge in [-0.2, -0.15) is 12.6 Å². The van der Waals surface area contributed by atoms with Crippen molar-refractivity contribution in [3.8, 4) is 0 Å². The molecule has 1 saturated heterocycles. The van der Waals surface area contributed by atoms with Gasteiger partial charge in [0.05, 0.1) is 13.2 Å². The van der Waals surface area contributed by atoms with E-state index in [0.29, 0.717) is 12.4 Å². The molecule has 4 atom stereocenters. The van der Waals surface area contributed by atoms with Gasteiger partial charge in [0.25, 0.3) is 0 Å². The van der Waals surface area contributed by atoms with Crippen LogP contribution >= 0.6 is 12.6 Å². The van der Waals surface area contributed by atoms with E-state index in [-0.39, 0.29) is 6.61 Å². The lowest BCUT2D eigenvalue weighted by molar-refractivity contribution is -0.269. The van der Waals surface area contributed by atoms with E-state index in [4.69, 9.17) is 14.6 Å². The molecule has 5 nitrogen and oxygen atoms in total. The Morgan fingerprint density at radius 2 is 2.00 bits per heavy atom. The van der Waals surface area contributed by atoms with Crippen molar-refractivity contribution in [3.05, 3.63) is 0 Å². The van der Waals surface area contributed by atoms with Gasteiger partial charge in [0.15, 0.2) is 6.29 Å². The van der Waals surface area contributed by atoms with E-state index in [1.54, 1.807) is 0 Å². The molecular formula is C8H16O5S. The minimum absolute atomic E-state index is 0.0240. The molecule has 1 rings (SSSR count). The summed E-state index contributed by atoms with van der Waals surface area (Å²) in [4.78, 5) is 0. The molecule has 1 aliphatic heterocycles. The molecule has 84 valence electrons. The molecule has 0 aliphatic carbocycles. The third kappa shape index (κ3) is 3.08. The maximum atomic E-state index is 9.43. The second-order valence-corrected chi connectivity index (χ2v) is 3.65. The van der Waals surface area contributed by atoms with Gasteiger partial charge in [-0.05, 0) is 12.2 Å². The van der Waals surface area contributed by atoms with E-state index < -0.39 is 24.6 Å². The molecule has 1 fully saturated rings. The van der Waals surface area contributed by atoms with Crippen molar-refractivity contribution in [1.82, 2.24) is 0 Å². The van der Waals surface area contributed by atoms with Gasteiger partial charge >= 0.3 is 0 Å². The number of hydrogen-bond donors (Lipinski definition) is 4. The quantitative estimate of drug-likeness (QED) is 0.355. The van der Waals surface area contributed by atoms with Crippen LogP contribution in [-0.2, 0) is 9.47 Å². The Kier molecular flexibility index (Phi) is 5.14. The van der Waals surface area contributed by atoms with E-state index in [0.717, 1.165) is 6.42 Å². The Bertz CT molecular complexity index is 168. The molecule has 6 heteroatoms. The monoisotopic (exact) mass is 224 g/mol. The van der Waals surface area contributed by atoms with Crippen molar-refractivity contribution in [2.45, 2.75) is 31.0 Å². The summed E-state index contributed by atoms with van der Waals surface area (Å²) in [6.45, 7) is 0.387. The molecule has 2 unspecified atom stereocenters. The average Bonchev–Trinajstić information content (AvgIpc) is 2.18. The first-order valence-electron chi connectivity index (χ1n) is 4.55. The number of ether oxygens (including phenoxy) is 2. The Morgan fingerprint density at radius 3 is 2.64 bits per heavy atom. The fraction of sp³-hybridized carbons (Fsp3) is 1.00. The lowest BCUT2D eigenvalue weighted by atomic mass is 10.1. The van der Waals surface area contributed by atoms with E-state index in [9.17, 15) is 10.2 Å². The topological polar surface area (TPSA) is 79.2 Å². The van der Waals surface area contributed by atoms with Gasteiger partial charge in [-0.3, -0.25) is 0 Å². The molecule has 0 aromatic heterocycles. The van der Waals surface area contributed by atoms with E-state index in [1.807, 2.05) is 0 Å². The third-order valence-electron chi connectivity index (χ3n) is 2.04. The van der Waals surface area contributed by atoms with Crippen LogP contribution in [0.2, 0.25) is 0 Å². The third-order valence-corrected chi connectivity index (χ3v) is 2.36. The summed E-state index contributed by atoms with van der Waals surface area (Å²) < 4.78 is 10.2. The Morgan fingerprint density at radius 1 is 1.29 bits per heavy atom. The molecule has 1 aliphatic rings. The van der Waals surface area contributed by atoms with Crippen molar-refractivity contribution < 1.29 is 24.8 Å². The standard InChI is InChI=1S/C8H16O5S/c9-5-4-13-8(7(11)6(5)10)12-2-1-3-14/h5-11,14H,1-4H2/t5-,6?,7?,8-/m1/s1. The molecule has 0 aromatic carbocycles. The first kappa shape index (κ1) is 12.2. The molecule has 0 saturated carbocycles. The fourth-order valence-corrected chi connectivity index (χ4v) is 1.32. The largest absolute Gasteiger partial charge is 0.388 e. The maximum Gasteiger partial charge on any atom is 0.186 e. The van der Waals surface area contributed by atoms with Crippen LogP contribution in [0.5, 0.6) is 0 Å². The van der Waals surface area contributed by atoms with Crippen LogP contribution in [-0.4, -0.2) is 58.9 Å². The van der Waals surface area contributed by atoms with E-state index in [2.05, 4.69) is 12.6 Å². The fourth-order valence-electron chi connectivity index (χ4n) is 1.19. The molecule has 0 amide bonds. The van der Waals surface area contributed by atoms with Gasteiger partial charge in [0.1, 0.15) is 18.3 Å². The highest BCUT2D eigenvalue weighted by molar-refractivity contribution is 7.80. The molecule has 0 aromatic rings. The highest BCUT2D eigenvalue weighted by atomic mass is 32.1. The summed E-state index contributed by atoms with van der Waals surface area (Å²) in [6, 6.07) is 0. The second kappa shape index (κ2) is 5.89. The Hall–Kier alpha value is 0.150. The van der Waals surface area contributed by atoms with Gasteiger partial charge < -0.3 is 24.8 Å². The first-order chi connectivity index (χ1) is 6.66. The van der Waals surface area contributed by atoms with Crippen LogP contribution in [0.15, 0.2) is 0 Å². The van der Waals surface area contributed by atoms with Gasteiger partial charge in [0.2, 0.25) is 0 Å². The Labute approximate surface area is 88.1 Å². The molecule has 3 N–H and O–H groups in total. The summed E-state index contributed by atoms with van der Waals surface area (Å²) in [6.07, 6.45) is -3.56. The van der Waals surface area contributed by atoms with Crippen LogP contribution in [0.4, 0.5) is 0 Å². The predicted molar refractivity (Wildman–Crippen MR) is 52.2 cm³/mol. The molecule has 0 radical (unpaired) electrons. The van der Waals surface area contributed by atoms with Gasteiger partial charge in [-0.15, -0.1) is 0 Å². The minimum atomic E-state index is -1.20. The summed E-state index contributed by atoms with van der Waals surface area (Å²) in [5.74, 6) is 0.688. The lowest BCUT2D eigenvalue weighted by Gasteiger charge is -2.34. The molecular weight excluding hydrogens is 208 g/mol. The molecule has 0 bridgehead atoms. The number of hydrogen-bond acceptors (Lipinski definition) is 6. The van der Waals surface area contributed by atoms with Crippen LogP contribution < -0.4 is 0 Å². The lowest BCUT2D eigenvalue weighted by Crippen LogP contribution is -2.53. The zero-order chi connectivity index (χ0) is 10.6. The first-order valence-corrected chi connectivity index (χ1v) is 5.18. The average molecular weight is 224 g/mol. The van der Waals surface area contributed by atoms with Crippen LogP contribution in [0.1, 0.15) is 6.42 Å². The summed E-state index contributed by atoms with van der Waals surface area (Å²) in [7, 11) is 0. The minimum Gasteiger partial charge on any atom is -0.388 e. The highest BCUT2D eigenvalue weighted by Crippen LogP contribution is 2.16. The number of aliphatic hydroxyl groups excluding tert-OH is 3.